The van der Waals surface area contributed by atoms with E-state index < -0.39 is 11.5 Å². The summed E-state index contributed by atoms with van der Waals surface area (Å²) in [5, 5.41) is 20.0. The molecule has 0 radical (unpaired) electrons. The first-order valence-electron chi connectivity index (χ1n) is 10.9. The molecule has 2 aromatic heterocycles. The smallest absolute Gasteiger partial charge is 0.259 e. The Bertz CT molecular complexity index is 1080. The van der Waals surface area contributed by atoms with Gasteiger partial charge < -0.3 is 30.5 Å². The molecule has 0 bridgehead atoms. The molecule has 3 aliphatic rings. The summed E-state index contributed by atoms with van der Waals surface area (Å²) >= 11 is 1.48. The first-order chi connectivity index (χ1) is 16.0. The molecule has 0 atom stereocenters. The Kier molecular flexibility index (Phi) is 7.46. The first-order valence-corrected chi connectivity index (χ1v) is 11.9. The number of pyridine rings is 2. The topological polar surface area (TPSA) is 135 Å². The van der Waals surface area contributed by atoms with E-state index in [2.05, 4.69) is 25.9 Å². The Morgan fingerprint density at radius 3 is 2.85 bits per heavy atom. The van der Waals surface area contributed by atoms with Gasteiger partial charge in [0, 0.05) is 18.8 Å². The molecule has 0 unspecified atom stereocenters. The number of ether oxygens (including phenoxy) is 2. The van der Waals surface area contributed by atoms with Crippen LogP contribution in [0, 0.1) is 0 Å². The molecule has 182 valence electrons. The number of halogens is 1. The van der Waals surface area contributed by atoms with Gasteiger partial charge in [-0.3, -0.25) is 9.59 Å². The minimum atomic E-state index is -1.45. The van der Waals surface area contributed by atoms with Gasteiger partial charge in [0.05, 0.1) is 22.0 Å². The van der Waals surface area contributed by atoms with Crippen molar-refractivity contribution in [3.8, 4) is 11.6 Å². The van der Waals surface area contributed by atoms with Crippen molar-refractivity contribution in [2.75, 3.05) is 29.6 Å². The third-order valence-corrected chi connectivity index (χ3v) is 7.08. The summed E-state index contributed by atoms with van der Waals surface area (Å²) in [6, 6.07) is 5.71. The van der Waals surface area contributed by atoms with Gasteiger partial charge in [-0.1, -0.05) is 0 Å². The predicted octanol–water partition coefficient (Wildman–Crippen LogP) is 2.12. The third kappa shape index (κ3) is 5.22. The fraction of sp³-hybridized carbons (Fsp3) is 0.455. The van der Waals surface area contributed by atoms with Crippen LogP contribution in [-0.4, -0.2) is 57.5 Å². The molecule has 2 amide bonds. The summed E-state index contributed by atoms with van der Waals surface area (Å²) in [7, 11) is 0. The van der Waals surface area contributed by atoms with Gasteiger partial charge in [0.1, 0.15) is 24.6 Å². The summed E-state index contributed by atoms with van der Waals surface area (Å²) in [5.74, 6) is 1.26. The molecule has 34 heavy (non-hydrogen) atoms. The fourth-order valence-electron chi connectivity index (χ4n) is 4.17. The molecular weight excluding hydrogens is 482 g/mol. The summed E-state index contributed by atoms with van der Waals surface area (Å²) in [4.78, 5) is 34.1. The van der Waals surface area contributed by atoms with Crippen molar-refractivity contribution in [3.63, 3.8) is 0 Å². The monoisotopic (exact) mass is 507 g/mol. The van der Waals surface area contributed by atoms with E-state index in [1.54, 1.807) is 6.07 Å². The third-order valence-electron chi connectivity index (χ3n) is 6.03. The van der Waals surface area contributed by atoms with Crippen LogP contribution >= 0.6 is 24.2 Å². The summed E-state index contributed by atoms with van der Waals surface area (Å²) in [6.45, 7) is 1.33. The Labute approximate surface area is 207 Å². The molecule has 0 saturated heterocycles. The van der Waals surface area contributed by atoms with Crippen LogP contribution in [0.4, 0.5) is 11.5 Å². The molecule has 0 aromatic carbocycles. The zero-order chi connectivity index (χ0) is 22.8. The largest absolute Gasteiger partial charge is 0.483 e. The number of hydrogen-bond acceptors (Lipinski definition) is 9. The van der Waals surface area contributed by atoms with E-state index in [-0.39, 0.29) is 24.4 Å². The van der Waals surface area contributed by atoms with E-state index in [9.17, 15) is 14.7 Å². The molecule has 4 heterocycles. The number of nitrogens with zero attached hydrogens (tertiary/aromatic N) is 2. The molecule has 12 heteroatoms. The van der Waals surface area contributed by atoms with Crippen LogP contribution in [0.2, 0.25) is 0 Å². The average molecular weight is 508 g/mol. The highest BCUT2D eigenvalue weighted by Gasteiger charge is 2.40. The maximum Gasteiger partial charge on any atom is 0.259 e. The van der Waals surface area contributed by atoms with Gasteiger partial charge in [0.25, 0.3) is 11.8 Å². The molecule has 2 aromatic rings. The second-order valence-corrected chi connectivity index (χ2v) is 9.33. The van der Waals surface area contributed by atoms with Gasteiger partial charge in [0.15, 0.2) is 0 Å². The SMILES string of the molecule is Cl.O=C1CSc2ccc(CNC3CCC(O)(C(=O)Nc4ccnc5c4OCCO5)CC3)nc2N1. The Morgan fingerprint density at radius 2 is 2.03 bits per heavy atom. The van der Waals surface area contributed by atoms with Crippen molar-refractivity contribution in [2.45, 2.75) is 48.8 Å². The van der Waals surface area contributed by atoms with Gasteiger partial charge in [-0.25, -0.2) is 9.97 Å². The number of fused-ring (bicyclic) bond motifs is 2. The number of nitrogens with one attached hydrogen (secondary N) is 3. The summed E-state index contributed by atoms with van der Waals surface area (Å²) in [5.41, 5.74) is -0.169. The normalized spacial score (nSPS) is 23.2. The summed E-state index contributed by atoms with van der Waals surface area (Å²) < 4.78 is 11.0. The minimum absolute atomic E-state index is 0. The van der Waals surface area contributed by atoms with Crippen LogP contribution < -0.4 is 25.4 Å². The molecular formula is C22H26ClN5O5S. The number of rotatable bonds is 5. The molecule has 5 rings (SSSR count). The van der Waals surface area contributed by atoms with Gasteiger partial charge >= 0.3 is 0 Å². The molecule has 0 spiro atoms. The Balaban J connectivity index is 0.00000274. The average Bonchev–Trinajstić information content (AvgIpc) is 2.83. The molecule has 4 N–H and O–H groups in total. The Morgan fingerprint density at radius 1 is 1.24 bits per heavy atom. The first kappa shape index (κ1) is 24.5. The van der Waals surface area contributed by atoms with Crippen LogP contribution in [0.5, 0.6) is 11.6 Å². The molecule has 2 aliphatic heterocycles. The zero-order valence-electron chi connectivity index (χ0n) is 18.3. The predicted molar refractivity (Wildman–Crippen MR) is 129 cm³/mol. The maximum absolute atomic E-state index is 12.9. The van der Waals surface area contributed by atoms with Crippen molar-refractivity contribution in [1.29, 1.82) is 0 Å². The van der Waals surface area contributed by atoms with Crippen LogP contribution in [0.25, 0.3) is 0 Å². The number of anilines is 2. The molecule has 10 nitrogen and oxygen atoms in total. The number of amides is 2. The second-order valence-electron chi connectivity index (χ2n) is 8.32. The lowest BCUT2D eigenvalue weighted by Crippen LogP contribution is -2.48. The van der Waals surface area contributed by atoms with Crippen LogP contribution in [-0.2, 0) is 16.1 Å². The fourth-order valence-corrected chi connectivity index (χ4v) is 4.93. The number of hydrogen-bond donors (Lipinski definition) is 4. The van der Waals surface area contributed by atoms with Gasteiger partial charge in [-0.2, -0.15) is 0 Å². The lowest BCUT2D eigenvalue weighted by Gasteiger charge is -2.35. The number of carbonyl (C=O) groups excluding carboxylic acids is 2. The highest BCUT2D eigenvalue weighted by molar-refractivity contribution is 8.00. The number of aliphatic hydroxyl groups is 1. The summed E-state index contributed by atoms with van der Waals surface area (Å²) in [6.07, 6.45) is 3.51. The molecule has 1 fully saturated rings. The second kappa shape index (κ2) is 10.3. The van der Waals surface area contributed by atoms with E-state index in [4.69, 9.17) is 9.47 Å². The van der Waals surface area contributed by atoms with Gasteiger partial charge in [-0.15, -0.1) is 24.2 Å². The quantitative estimate of drug-likeness (QED) is 0.480. The number of thioether (sulfide) groups is 1. The van der Waals surface area contributed by atoms with Crippen molar-refractivity contribution in [1.82, 2.24) is 15.3 Å². The van der Waals surface area contributed by atoms with Crippen LogP contribution in [0.1, 0.15) is 31.4 Å². The lowest BCUT2D eigenvalue weighted by atomic mass is 9.81. The van der Waals surface area contributed by atoms with Crippen molar-refractivity contribution >= 4 is 47.5 Å². The zero-order valence-corrected chi connectivity index (χ0v) is 20.0. The van der Waals surface area contributed by atoms with Crippen molar-refractivity contribution in [3.05, 3.63) is 30.1 Å². The highest BCUT2D eigenvalue weighted by atomic mass is 35.5. The minimum Gasteiger partial charge on any atom is -0.483 e. The maximum atomic E-state index is 12.9. The molecule has 1 saturated carbocycles. The van der Waals surface area contributed by atoms with E-state index in [0.717, 1.165) is 10.6 Å². The number of aromatic nitrogens is 2. The standard InChI is InChI=1S/C22H25N5O5S.ClH/c28-17-12-33-16-2-1-14(25-19(16)27-17)11-24-13-3-6-22(30,7-4-13)21(29)26-15-5-8-23-20-18(15)31-9-10-32-20;/h1-2,5,8,13,24,30H,3-4,6-7,9-12H2,(H,23,26,29)(H,25,27,28);1H. The van der Waals surface area contributed by atoms with Gasteiger partial charge in [-0.05, 0) is 43.9 Å². The Hall–Kier alpha value is -2.60. The van der Waals surface area contributed by atoms with Crippen LogP contribution in [0.15, 0.2) is 29.3 Å². The molecule has 1 aliphatic carbocycles. The van der Waals surface area contributed by atoms with Gasteiger partial charge in [0.2, 0.25) is 11.7 Å². The van der Waals surface area contributed by atoms with Crippen LogP contribution in [0.3, 0.4) is 0 Å². The van der Waals surface area contributed by atoms with E-state index in [1.807, 2.05) is 12.1 Å². The van der Waals surface area contributed by atoms with E-state index >= 15 is 0 Å². The lowest BCUT2D eigenvalue weighted by molar-refractivity contribution is -0.137. The van der Waals surface area contributed by atoms with E-state index in [0.29, 0.717) is 74.3 Å². The number of carbonyl (C=O) groups is 2. The highest BCUT2D eigenvalue weighted by Crippen LogP contribution is 2.37. The van der Waals surface area contributed by atoms with E-state index in [1.165, 1.54) is 18.0 Å². The van der Waals surface area contributed by atoms with Crippen molar-refractivity contribution < 1.29 is 24.2 Å². The van der Waals surface area contributed by atoms with Crippen molar-refractivity contribution in [2.24, 2.45) is 0 Å².